The second kappa shape index (κ2) is 15.2. The summed E-state index contributed by atoms with van der Waals surface area (Å²) in [5.74, 6) is 0.256. The van der Waals surface area contributed by atoms with Crippen LogP contribution in [-0.4, -0.2) is 30.2 Å². The van der Waals surface area contributed by atoms with Gasteiger partial charge in [-0.15, -0.1) is 34.4 Å². The number of nitrogens with one attached hydrogen (secondary N) is 1. The summed E-state index contributed by atoms with van der Waals surface area (Å²) in [6.07, 6.45) is 3.49. The average molecular weight is 577 g/mol. The number of thioether (sulfide) groups is 1. The van der Waals surface area contributed by atoms with Gasteiger partial charge < -0.3 is 10.1 Å². The molecule has 0 radical (unpaired) electrons. The fourth-order valence-electron chi connectivity index (χ4n) is 5.08. The SMILES string of the molecule is O=[P+](O)OCCCNCc1ccc(SCCCCC2(c3ccccc3F)CCCCC2)c(OC(F)(F)F)c1. The van der Waals surface area contributed by atoms with Crippen LogP contribution in [0.2, 0.25) is 0 Å². The maximum atomic E-state index is 14.6. The number of halogens is 4. The predicted octanol–water partition coefficient (Wildman–Crippen LogP) is 8.03. The molecule has 38 heavy (non-hydrogen) atoms. The van der Waals surface area contributed by atoms with E-state index in [1.54, 1.807) is 18.2 Å². The van der Waals surface area contributed by atoms with E-state index in [-0.39, 0.29) is 23.6 Å². The van der Waals surface area contributed by atoms with Gasteiger partial charge in [0, 0.05) is 16.0 Å². The summed E-state index contributed by atoms with van der Waals surface area (Å²) in [6.45, 7) is 0.907. The number of alkyl halides is 3. The van der Waals surface area contributed by atoms with Gasteiger partial charge in [-0.3, -0.25) is 0 Å². The Balaban J connectivity index is 1.53. The Bertz CT molecular complexity index is 1030. The van der Waals surface area contributed by atoms with Crippen LogP contribution in [0.3, 0.4) is 0 Å². The molecule has 0 aromatic heterocycles. The summed E-state index contributed by atoms with van der Waals surface area (Å²) < 4.78 is 73.2. The van der Waals surface area contributed by atoms with Crippen molar-refractivity contribution in [3.8, 4) is 5.75 Å². The first-order valence-electron chi connectivity index (χ1n) is 12.9. The minimum absolute atomic E-state index is 0.109. The van der Waals surface area contributed by atoms with Crippen LogP contribution in [0.1, 0.15) is 68.9 Å². The number of hydrogen-bond acceptors (Lipinski definition) is 5. The normalized spacial score (nSPS) is 15.9. The fraction of sp³-hybridized carbons (Fsp3) is 0.556. The first-order valence-corrected chi connectivity index (χ1v) is 15.1. The number of rotatable bonds is 15. The van der Waals surface area contributed by atoms with E-state index in [2.05, 4.69) is 14.6 Å². The van der Waals surface area contributed by atoms with Crippen molar-refractivity contribution in [1.29, 1.82) is 0 Å². The minimum Gasteiger partial charge on any atom is -0.405 e. The number of hydrogen-bond donors (Lipinski definition) is 2. The van der Waals surface area contributed by atoms with Crippen LogP contribution < -0.4 is 10.1 Å². The highest BCUT2D eigenvalue weighted by atomic mass is 32.2. The molecule has 1 saturated carbocycles. The first kappa shape index (κ1) is 30.8. The van der Waals surface area contributed by atoms with E-state index in [4.69, 9.17) is 4.89 Å². The average Bonchev–Trinajstić information content (AvgIpc) is 2.86. The van der Waals surface area contributed by atoms with E-state index in [1.165, 1.54) is 30.3 Å². The van der Waals surface area contributed by atoms with Crippen LogP contribution in [0.5, 0.6) is 5.75 Å². The summed E-state index contributed by atoms with van der Waals surface area (Å²) in [5, 5.41) is 3.07. The summed E-state index contributed by atoms with van der Waals surface area (Å²) >= 11 is 1.33. The lowest BCUT2D eigenvalue weighted by molar-refractivity contribution is -0.275. The van der Waals surface area contributed by atoms with Crippen molar-refractivity contribution in [3.63, 3.8) is 0 Å². The third-order valence-electron chi connectivity index (χ3n) is 6.83. The van der Waals surface area contributed by atoms with Gasteiger partial charge in [-0.25, -0.2) is 4.39 Å². The molecule has 5 nitrogen and oxygen atoms in total. The molecular formula is C27H35F4NO4PS+. The predicted molar refractivity (Wildman–Crippen MR) is 141 cm³/mol. The third kappa shape index (κ3) is 10.1. The molecule has 0 saturated heterocycles. The van der Waals surface area contributed by atoms with Gasteiger partial charge in [0.1, 0.15) is 18.2 Å². The van der Waals surface area contributed by atoms with Crippen LogP contribution in [0, 0.1) is 5.82 Å². The zero-order valence-corrected chi connectivity index (χ0v) is 23.0. The first-order chi connectivity index (χ1) is 18.2. The van der Waals surface area contributed by atoms with Gasteiger partial charge in [-0.1, -0.05) is 49.9 Å². The maximum absolute atomic E-state index is 14.6. The Hall–Kier alpha value is -1.71. The molecule has 2 aromatic rings. The van der Waals surface area contributed by atoms with Crippen LogP contribution in [0.15, 0.2) is 47.4 Å². The van der Waals surface area contributed by atoms with Crippen LogP contribution in [0.4, 0.5) is 17.6 Å². The molecule has 0 bridgehead atoms. The molecule has 11 heteroatoms. The van der Waals surface area contributed by atoms with Gasteiger partial charge in [0.2, 0.25) is 0 Å². The number of benzene rings is 2. The monoisotopic (exact) mass is 576 g/mol. The van der Waals surface area contributed by atoms with E-state index in [0.717, 1.165) is 50.5 Å². The Kier molecular flexibility index (Phi) is 12.3. The molecule has 210 valence electrons. The van der Waals surface area contributed by atoms with Crippen molar-refractivity contribution >= 4 is 20.0 Å². The fourth-order valence-corrected chi connectivity index (χ4v) is 6.34. The standard InChI is InChI=1S/C27H34F4NO4PS/c28-23-10-3-2-9-22(23)26(13-4-1-5-14-26)15-6-7-18-38-25-12-11-21(19-24(25)36-27(29,30)31)20-32-16-8-17-35-37(33)34/h2-3,9-12,19,32H,1,4-8,13-18,20H2/p+1. The summed E-state index contributed by atoms with van der Waals surface area (Å²) in [6, 6.07) is 11.8. The Labute approximate surface area is 226 Å². The van der Waals surface area contributed by atoms with E-state index in [0.29, 0.717) is 35.7 Å². The molecule has 2 aromatic carbocycles. The molecule has 1 fully saturated rings. The highest BCUT2D eigenvalue weighted by molar-refractivity contribution is 7.99. The second-order valence-electron chi connectivity index (χ2n) is 9.56. The zero-order chi connectivity index (χ0) is 27.4. The maximum Gasteiger partial charge on any atom is 0.694 e. The smallest absolute Gasteiger partial charge is 0.405 e. The van der Waals surface area contributed by atoms with Crippen molar-refractivity contribution in [2.75, 3.05) is 18.9 Å². The summed E-state index contributed by atoms with van der Waals surface area (Å²) in [7, 11) is -2.63. The molecule has 1 aliphatic carbocycles. The molecule has 3 rings (SSSR count). The quantitative estimate of drug-likeness (QED) is 0.0968. The number of unbranched alkanes of at least 4 members (excludes halogenated alkanes) is 1. The zero-order valence-electron chi connectivity index (χ0n) is 21.3. The lowest BCUT2D eigenvalue weighted by atomic mass is 9.66. The van der Waals surface area contributed by atoms with E-state index in [9.17, 15) is 22.1 Å². The van der Waals surface area contributed by atoms with E-state index >= 15 is 0 Å². The highest BCUT2D eigenvalue weighted by Gasteiger charge is 2.35. The molecule has 0 amide bonds. The van der Waals surface area contributed by atoms with Crippen LogP contribution in [-0.2, 0) is 21.0 Å². The topological polar surface area (TPSA) is 67.8 Å². The van der Waals surface area contributed by atoms with Crippen LogP contribution >= 0.6 is 20.0 Å². The van der Waals surface area contributed by atoms with Crippen molar-refractivity contribution < 1.29 is 36.3 Å². The molecule has 1 aliphatic rings. The van der Waals surface area contributed by atoms with Crippen molar-refractivity contribution in [2.45, 2.75) is 81.0 Å². The van der Waals surface area contributed by atoms with E-state index < -0.39 is 14.6 Å². The molecule has 0 heterocycles. The lowest BCUT2D eigenvalue weighted by Gasteiger charge is -2.38. The van der Waals surface area contributed by atoms with Crippen LogP contribution in [0.25, 0.3) is 0 Å². The Morgan fingerprint density at radius 3 is 2.53 bits per heavy atom. The van der Waals surface area contributed by atoms with Gasteiger partial charge in [-0.2, -0.15) is 0 Å². The van der Waals surface area contributed by atoms with Crippen molar-refractivity contribution in [3.05, 3.63) is 59.4 Å². The van der Waals surface area contributed by atoms with Gasteiger partial charge in [0.25, 0.3) is 0 Å². The largest absolute Gasteiger partial charge is 0.694 e. The Morgan fingerprint density at radius 1 is 1.05 bits per heavy atom. The van der Waals surface area contributed by atoms with Gasteiger partial charge in [-0.05, 0) is 79.1 Å². The van der Waals surface area contributed by atoms with Gasteiger partial charge in [0.15, 0.2) is 0 Å². The Morgan fingerprint density at radius 2 is 1.82 bits per heavy atom. The molecular weight excluding hydrogens is 541 g/mol. The highest BCUT2D eigenvalue weighted by Crippen LogP contribution is 2.44. The van der Waals surface area contributed by atoms with Crippen molar-refractivity contribution in [1.82, 2.24) is 5.32 Å². The lowest BCUT2D eigenvalue weighted by Crippen LogP contribution is -2.30. The number of ether oxygens (including phenoxy) is 1. The molecule has 0 spiro atoms. The minimum atomic E-state index is -4.80. The molecule has 1 unspecified atom stereocenters. The van der Waals surface area contributed by atoms with Gasteiger partial charge >= 0.3 is 14.6 Å². The molecule has 0 aliphatic heterocycles. The van der Waals surface area contributed by atoms with E-state index in [1.807, 2.05) is 12.1 Å². The summed E-state index contributed by atoms with van der Waals surface area (Å²) in [5.41, 5.74) is 1.27. The molecule has 2 N–H and O–H groups in total. The third-order valence-corrected chi connectivity index (χ3v) is 8.37. The summed E-state index contributed by atoms with van der Waals surface area (Å²) in [4.78, 5) is 9.03. The molecule has 1 atom stereocenters. The van der Waals surface area contributed by atoms with Crippen molar-refractivity contribution in [2.24, 2.45) is 0 Å². The van der Waals surface area contributed by atoms with Gasteiger partial charge in [0.05, 0.1) is 0 Å². The second-order valence-corrected chi connectivity index (χ2v) is 11.4.